The van der Waals surface area contributed by atoms with E-state index in [1.54, 1.807) is 13.0 Å². The summed E-state index contributed by atoms with van der Waals surface area (Å²) < 4.78 is 45.0. The molecule has 0 spiro atoms. The van der Waals surface area contributed by atoms with E-state index in [-0.39, 0.29) is 11.1 Å². The number of halogens is 3. The van der Waals surface area contributed by atoms with Gasteiger partial charge in [0.1, 0.15) is 11.1 Å². The zero-order valence-corrected chi connectivity index (χ0v) is 12.5. The molecule has 3 nitrogen and oxygen atoms in total. The number of aryl methyl sites for hydroxylation is 1. The van der Waals surface area contributed by atoms with Crippen LogP contribution in [0.25, 0.3) is 11.1 Å². The maximum absolute atomic E-state index is 13.2. The lowest BCUT2D eigenvalue weighted by Gasteiger charge is -2.13. The maximum atomic E-state index is 13.2. The van der Waals surface area contributed by atoms with Crippen molar-refractivity contribution in [3.63, 3.8) is 0 Å². The molecule has 1 heterocycles. The highest BCUT2D eigenvalue weighted by molar-refractivity contribution is 5.78. The lowest BCUT2D eigenvalue weighted by atomic mass is 10.1. The van der Waals surface area contributed by atoms with Crippen molar-refractivity contribution < 1.29 is 17.6 Å². The molecule has 6 heteroatoms. The fraction of sp³-hybridized carbons (Fsp3) is 0.562. The Morgan fingerprint density at radius 1 is 1.27 bits per heavy atom. The summed E-state index contributed by atoms with van der Waals surface area (Å²) in [5.41, 5.74) is -0.00744. The van der Waals surface area contributed by atoms with E-state index in [0.717, 1.165) is 12.8 Å². The van der Waals surface area contributed by atoms with Crippen molar-refractivity contribution in [3.05, 3.63) is 29.2 Å². The summed E-state index contributed by atoms with van der Waals surface area (Å²) in [5, 5.41) is 3.34. The maximum Gasteiger partial charge on any atom is 0.420 e. The van der Waals surface area contributed by atoms with E-state index >= 15 is 0 Å². The normalized spacial score (nSPS) is 16.7. The van der Waals surface area contributed by atoms with E-state index in [1.807, 2.05) is 0 Å². The molecule has 0 unspecified atom stereocenters. The summed E-state index contributed by atoms with van der Waals surface area (Å²) in [7, 11) is 0. The Morgan fingerprint density at radius 3 is 2.64 bits per heavy atom. The molecule has 22 heavy (non-hydrogen) atoms. The number of hydrogen-bond donors (Lipinski definition) is 1. The molecule has 1 aliphatic rings. The van der Waals surface area contributed by atoms with Crippen LogP contribution in [0.2, 0.25) is 0 Å². The first kappa shape index (κ1) is 15.3. The van der Waals surface area contributed by atoms with Crippen LogP contribution in [0.1, 0.15) is 49.6 Å². The third-order valence-electron chi connectivity index (χ3n) is 4.15. The molecule has 1 saturated carbocycles. The van der Waals surface area contributed by atoms with Gasteiger partial charge in [0.25, 0.3) is 0 Å². The molecule has 0 aliphatic heterocycles. The highest BCUT2D eigenvalue weighted by atomic mass is 19.4. The zero-order valence-electron chi connectivity index (χ0n) is 12.5. The monoisotopic (exact) mass is 312 g/mol. The molecule has 120 valence electrons. The SMILES string of the molecule is CCc1nc2cc(CNC3CCCC3)cc(C(F)(F)F)c2o1. The molecule has 1 aromatic heterocycles. The lowest BCUT2D eigenvalue weighted by molar-refractivity contribution is -0.136. The Kier molecular flexibility index (Phi) is 4.12. The first-order valence-electron chi connectivity index (χ1n) is 7.70. The van der Waals surface area contributed by atoms with Crippen LogP contribution < -0.4 is 5.32 Å². The van der Waals surface area contributed by atoms with Gasteiger partial charge >= 0.3 is 6.18 Å². The van der Waals surface area contributed by atoms with Crippen molar-refractivity contribution >= 4 is 11.1 Å². The van der Waals surface area contributed by atoms with E-state index in [9.17, 15) is 13.2 Å². The summed E-state index contributed by atoms with van der Waals surface area (Å²) in [4.78, 5) is 4.15. The van der Waals surface area contributed by atoms with Gasteiger partial charge < -0.3 is 9.73 Å². The molecule has 3 rings (SSSR count). The molecule has 0 bridgehead atoms. The van der Waals surface area contributed by atoms with Gasteiger partial charge in [-0.15, -0.1) is 0 Å². The summed E-state index contributed by atoms with van der Waals surface area (Å²) in [6, 6.07) is 3.28. The molecule has 1 aromatic carbocycles. The number of aromatic nitrogens is 1. The Morgan fingerprint density at radius 2 is 2.00 bits per heavy atom. The topological polar surface area (TPSA) is 38.1 Å². The van der Waals surface area contributed by atoms with E-state index in [1.165, 1.54) is 18.9 Å². The third-order valence-corrected chi connectivity index (χ3v) is 4.15. The standard InChI is InChI=1S/C16H19F3N2O/c1-2-14-21-13-8-10(9-20-11-5-3-4-6-11)7-12(15(13)22-14)16(17,18)19/h7-8,11,20H,2-6,9H2,1H3. The van der Waals surface area contributed by atoms with Crippen molar-refractivity contribution in [1.82, 2.24) is 10.3 Å². The number of rotatable bonds is 4. The van der Waals surface area contributed by atoms with Gasteiger partial charge in [0, 0.05) is 19.0 Å². The molecular weight excluding hydrogens is 293 g/mol. The van der Waals surface area contributed by atoms with Gasteiger partial charge in [0.15, 0.2) is 11.5 Å². The number of nitrogens with zero attached hydrogens (tertiary/aromatic N) is 1. The molecule has 1 fully saturated rings. The first-order chi connectivity index (χ1) is 10.5. The van der Waals surface area contributed by atoms with Crippen molar-refractivity contribution in [3.8, 4) is 0 Å². The second kappa shape index (κ2) is 5.91. The number of alkyl halides is 3. The summed E-state index contributed by atoms with van der Waals surface area (Å²) in [6.45, 7) is 2.23. The predicted octanol–water partition coefficient (Wildman–Crippen LogP) is 4.44. The van der Waals surface area contributed by atoms with Crippen molar-refractivity contribution in [1.29, 1.82) is 0 Å². The van der Waals surface area contributed by atoms with Gasteiger partial charge in [-0.1, -0.05) is 19.8 Å². The van der Waals surface area contributed by atoms with Gasteiger partial charge in [-0.25, -0.2) is 4.98 Å². The van der Waals surface area contributed by atoms with Crippen LogP contribution in [0, 0.1) is 0 Å². The van der Waals surface area contributed by atoms with Crippen LogP contribution in [0.15, 0.2) is 16.5 Å². The van der Waals surface area contributed by atoms with E-state index in [2.05, 4.69) is 10.3 Å². The summed E-state index contributed by atoms with van der Waals surface area (Å²) in [5.74, 6) is 0.335. The minimum absolute atomic E-state index is 0.158. The van der Waals surface area contributed by atoms with Gasteiger partial charge in [-0.05, 0) is 30.5 Å². The lowest BCUT2D eigenvalue weighted by Crippen LogP contribution is -2.25. The molecule has 1 N–H and O–H groups in total. The van der Waals surface area contributed by atoms with Crippen LogP contribution >= 0.6 is 0 Å². The second-order valence-electron chi connectivity index (χ2n) is 5.81. The average Bonchev–Trinajstić information content (AvgIpc) is 3.11. The zero-order chi connectivity index (χ0) is 15.7. The van der Waals surface area contributed by atoms with Crippen LogP contribution in [0.4, 0.5) is 13.2 Å². The summed E-state index contributed by atoms with van der Waals surface area (Å²) in [6.07, 6.45) is 0.603. The predicted molar refractivity (Wildman–Crippen MR) is 77.5 cm³/mol. The summed E-state index contributed by atoms with van der Waals surface area (Å²) >= 11 is 0. The number of nitrogens with one attached hydrogen (secondary N) is 1. The van der Waals surface area contributed by atoms with E-state index in [4.69, 9.17) is 4.42 Å². The molecule has 0 saturated heterocycles. The smallest absolute Gasteiger partial charge is 0.420 e. The third kappa shape index (κ3) is 3.11. The van der Waals surface area contributed by atoms with Gasteiger partial charge in [-0.2, -0.15) is 13.2 Å². The number of hydrogen-bond acceptors (Lipinski definition) is 3. The van der Waals surface area contributed by atoms with Crippen molar-refractivity contribution in [2.75, 3.05) is 0 Å². The first-order valence-corrected chi connectivity index (χ1v) is 7.70. The Labute approximate surface area is 126 Å². The second-order valence-corrected chi connectivity index (χ2v) is 5.81. The fourth-order valence-corrected chi connectivity index (χ4v) is 2.99. The highest BCUT2D eigenvalue weighted by Crippen LogP contribution is 2.36. The van der Waals surface area contributed by atoms with Crippen molar-refractivity contribution in [2.24, 2.45) is 0 Å². The fourth-order valence-electron chi connectivity index (χ4n) is 2.99. The Hall–Kier alpha value is -1.56. The molecule has 1 aliphatic carbocycles. The molecule has 0 amide bonds. The molecular formula is C16H19F3N2O. The van der Waals surface area contributed by atoms with E-state index < -0.39 is 11.7 Å². The van der Waals surface area contributed by atoms with Gasteiger partial charge in [-0.3, -0.25) is 0 Å². The quantitative estimate of drug-likeness (QED) is 0.907. The molecule has 0 atom stereocenters. The molecule has 2 aromatic rings. The minimum Gasteiger partial charge on any atom is -0.440 e. The van der Waals surface area contributed by atoms with Gasteiger partial charge in [0.05, 0.1) is 0 Å². The van der Waals surface area contributed by atoms with Crippen LogP contribution in [0.5, 0.6) is 0 Å². The van der Waals surface area contributed by atoms with E-state index in [0.29, 0.717) is 30.5 Å². The largest absolute Gasteiger partial charge is 0.440 e. The van der Waals surface area contributed by atoms with Gasteiger partial charge in [0.2, 0.25) is 0 Å². The Balaban J connectivity index is 1.92. The van der Waals surface area contributed by atoms with Crippen LogP contribution in [-0.2, 0) is 19.1 Å². The van der Waals surface area contributed by atoms with Crippen LogP contribution in [0.3, 0.4) is 0 Å². The number of fused-ring (bicyclic) bond motifs is 1. The number of benzene rings is 1. The number of oxazole rings is 1. The average molecular weight is 312 g/mol. The van der Waals surface area contributed by atoms with Crippen LogP contribution in [-0.4, -0.2) is 11.0 Å². The Bertz CT molecular complexity index is 657. The van der Waals surface area contributed by atoms with Crippen molar-refractivity contribution in [2.45, 2.75) is 57.8 Å². The highest BCUT2D eigenvalue weighted by Gasteiger charge is 2.35. The molecule has 0 radical (unpaired) electrons. The minimum atomic E-state index is -4.44.